The van der Waals surface area contributed by atoms with E-state index >= 15 is 0 Å². The minimum atomic E-state index is -0.794. The average molecular weight is 456 g/mol. The summed E-state index contributed by atoms with van der Waals surface area (Å²) in [4.78, 5) is 6.02. The highest BCUT2D eigenvalue weighted by atomic mass is 19.1. The van der Waals surface area contributed by atoms with E-state index in [4.69, 9.17) is 15.2 Å². The lowest BCUT2D eigenvalue weighted by Crippen LogP contribution is -2.35. The highest BCUT2D eigenvalue weighted by molar-refractivity contribution is 5.91. The number of halogens is 2. The number of aromatic nitrogens is 4. The lowest BCUT2D eigenvalue weighted by molar-refractivity contribution is 0.0392. The van der Waals surface area contributed by atoms with Gasteiger partial charge in [-0.3, -0.25) is 14.0 Å². The van der Waals surface area contributed by atoms with Crippen LogP contribution >= 0.6 is 0 Å². The van der Waals surface area contributed by atoms with Crippen LogP contribution in [0.25, 0.3) is 23.1 Å². The lowest BCUT2D eigenvalue weighted by Gasteiger charge is -2.23. The van der Waals surface area contributed by atoms with Crippen molar-refractivity contribution in [1.82, 2.24) is 24.1 Å². The predicted molar refractivity (Wildman–Crippen MR) is 119 cm³/mol. The maximum absolute atomic E-state index is 14.2. The van der Waals surface area contributed by atoms with Crippen molar-refractivity contribution in [3.8, 4) is 11.4 Å². The zero-order chi connectivity index (χ0) is 22.9. The number of imidazole rings is 1. The largest absolute Gasteiger partial charge is 0.380 e. The summed E-state index contributed by atoms with van der Waals surface area (Å²) >= 11 is 0. The molecule has 1 atom stereocenters. The Labute approximate surface area is 189 Å². The monoisotopic (exact) mass is 456 g/mol. The van der Waals surface area contributed by atoms with Crippen molar-refractivity contribution >= 4 is 17.9 Å². The summed E-state index contributed by atoms with van der Waals surface area (Å²) in [6, 6.07) is 0.790. The lowest BCUT2D eigenvalue weighted by atomic mass is 10.1. The Morgan fingerprint density at radius 3 is 2.91 bits per heavy atom. The SMILES string of the molecule is N=Cc1c(-c2cnc3c(F)cc(F)cn23)nn(CC2CC2)c1/C=C/C(O)N1CCCOCC1. The second-order valence-electron chi connectivity index (χ2n) is 8.54. The Hall–Kier alpha value is -2.95. The zero-order valence-electron chi connectivity index (χ0n) is 18.1. The van der Waals surface area contributed by atoms with Crippen LogP contribution in [0.5, 0.6) is 0 Å². The van der Waals surface area contributed by atoms with Crippen molar-refractivity contribution in [3.05, 3.63) is 47.4 Å². The van der Waals surface area contributed by atoms with Gasteiger partial charge in [0.1, 0.15) is 17.7 Å². The van der Waals surface area contributed by atoms with Gasteiger partial charge in [0.05, 0.1) is 24.2 Å². The fraction of sp³-hybridized carbons (Fsp3) is 0.435. The van der Waals surface area contributed by atoms with Gasteiger partial charge in [0.25, 0.3) is 0 Å². The highest BCUT2D eigenvalue weighted by Gasteiger charge is 2.26. The van der Waals surface area contributed by atoms with Crippen LogP contribution in [0.2, 0.25) is 0 Å². The first-order chi connectivity index (χ1) is 16.0. The number of hydrogen-bond acceptors (Lipinski definition) is 6. The van der Waals surface area contributed by atoms with E-state index in [2.05, 4.69) is 4.98 Å². The molecule has 1 aliphatic heterocycles. The maximum atomic E-state index is 14.2. The van der Waals surface area contributed by atoms with Gasteiger partial charge in [-0.15, -0.1) is 0 Å². The van der Waals surface area contributed by atoms with Crippen LogP contribution < -0.4 is 0 Å². The Morgan fingerprint density at radius 1 is 1.27 bits per heavy atom. The van der Waals surface area contributed by atoms with Gasteiger partial charge in [0.15, 0.2) is 11.5 Å². The minimum absolute atomic E-state index is 0.00466. The summed E-state index contributed by atoms with van der Waals surface area (Å²) in [6.07, 6.45) is 9.53. The Bertz CT molecular complexity index is 1190. The van der Waals surface area contributed by atoms with Gasteiger partial charge in [-0.25, -0.2) is 13.8 Å². The van der Waals surface area contributed by atoms with E-state index in [1.807, 2.05) is 9.58 Å². The van der Waals surface area contributed by atoms with Gasteiger partial charge in [0.2, 0.25) is 0 Å². The van der Waals surface area contributed by atoms with E-state index in [0.717, 1.165) is 38.1 Å². The summed E-state index contributed by atoms with van der Waals surface area (Å²) in [5, 5.41) is 23.5. The molecule has 0 bridgehead atoms. The molecule has 33 heavy (non-hydrogen) atoms. The van der Waals surface area contributed by atoms with Crippen molar-refractivity contribution in [1.29, 1.82) is 5.41 Å². The Kier molecular flexibility index (Phi) is 6.05. The van der Waals surface area contributed by atoms with Crippen LogP contribution in [0.4, 0.5) is 8.78 Å². The molecule has 3 aromatic heterocycles. The summed E-state index contributed by atoms with van der Waals surface area (Å²) in [5.74, 6) is -0.981. The van der Waals surface area contributed by atoms with E-state index in [1.54, 1.807) is 12.2 Å². The van der Waals surface area contributed by atoms with Gasteiger partial charge in [-0.2, -0.15) is 5.10 Å². The molecule has 2 aliphatic rings. The van der Waals surface area contributed by atoms with E-state index in [1.165, 1.54) is 16.8 Å². The molecule has 1 saturated carbocycles. The van der Waals surface area contributed by atoms with Gasteiger partial charge in [-0.05, 0) is 37.3 Å². The van der Waals surface area contributed by atoms with Crippen molar-refractivity contribution in [2.75, 3.05) is 26.3 Å². The topological polar surface area (TPSA) is 91.7 Å². The van der Waals surface area contributed by atoms with Crippen LogP contribution in [0.15, 0.2) is 24.5 Å². The molecule has 8 nitrogen and oxygen atoms in total. The second-order valence-corrected chi connectivity index (χ2v) is 8.54. The highest BCUT2D eigenvalue weighted by Crippen LogP contribution is 2.33. The number of nitrogens with one attached hydrogen (secondary N) is 1. The fourth-order valence-corrected chi connectivity index (χ4v) is 4.20. The number of ether oxygens (including phenoxy) is 1. The third kappa shape index (κ3) is 4.46. The molecular weight excluding hydrogens is 430 g/mol. The van der Waals surface area contributed by atoms with Crippen LogP contribution in [0.1, 0.15) is 30.5 Å². The maximum Gasteiger partial charge on any atom is 0.173 e. The summed E-state index contributed by atoms with van der Waals surface area (Å²) in [5.41, 5.74) is 1.99. The zero-order valence-corrected chi connectivity index (χ0v) is 18.1. The first-order valence-electron chi connectivity index (χ1n) is 11.2. The van der Waals surface area contributed by atoms with Gasteiger partial charge < -0.3 is 15.3 Å². The molecule has 4 heterocycles. The summed E-state index contributed by atoms with van der Waals surface area (Å²) < 4.78 is 36.7. The van der Waals surface area contributed by atoms with E-state index < -0.39 is 17.9 Å². The van der Waals surface area contributed by atoms with Crippen LogP contribution in [0.3, 0.4) is 0 Å². The minimum Gasteiger partial charge on any atom is -0.380 e. The van der Waals surface area contributed by atoms with Gasteiger partial charge in [-0.1, -0.05) is 0 Å². The molecule has 1 aliphatic carbocycles. The Morgan fingerprint density at radius 2 is 2.12 bits per heavy atom. The smallest absolute Gasteiger partial charge is 0.173 e. The molecule has 2 N–H and O–H groups in total. The Balaban J connectivity index is 1.55. The molecule has 174 valence electrons. The quantitative estimate of drug-likeness (QED) is 0.534. The summed E-state index contributed by atoms with van der Waals surface area (Å²) in [7, 11) is 0. The number of nitrogens with zero attached hydrogens (tertiary/aromatic N) is 5. The number of pyridine rings is 1. The predicted octanol–water partition coefficient (Wildman–Crippen LogP) is 2.94. The van der Waals surface area contributed by atoms with E-state index in [0.29, 0.717) is 54.9 Å². The first kappa shape index (κ1) is 21.9. The standard InChI is InChI=1S/C23H26F2N6O2/c24-16-10-18(25)23-27-12-20(30(23)14-16)22-17(11-26)19(31(28-22)13-15-2-3-15)4-5-21(32)29-6-1-8-33-9-7-29/h4-5,10-12,14-15,21,26,32H,1-3,6-9,13H2/b5-4+,26-11?. The molecule has 1 saturated heterocycles. The number of rotatable bonds is 7. The van der Waals surface area contributed by atoms with Crippen molar-refractivity contribution in [2.24, 2.45) is 5.92 Å². The molecule has 0 amide bonds. The first-order valence-corrected chi connectivity index (χ1v) is 11.2. The molecule has 0 radical (unpaired) electrons. The molecule has 5 rings (SSSR count). The van der Waals surface area contributed by atoms with Crippen molar-refractivity contribution in [2.45, 2.75) is 32.0 Å². The van der Waals surface area contributed by atoms with Crippen molar-refractivity contribution in [3.63, 3.8) is 0 Å². The molecular formula is C23H26F2N6O2. The number of aliphatic hydroxyl groups excluding tert-OH is 1. The van der Waals surface area contributed by atoms with Gasteiger partial charge in [0, 0.05) is 50.3 Å². The second kappa shape index (κ2) is 9.12. The van der Waals surface area contributed by atoms with Crippen molar-refractivity contribution < 1.29 is 18.6 Å². The third-order valence-corrected chi connectivity index (χ3v) is 6.13. The third-order valence-electron chi connectivity index (χ3n) is 6.13. The normalized spacial score (nSPS) is 18.8. The molecule has 0 aromatic carbocycles. The number of fused-ring (bicyclic) bond motifs is 1. The van der Waals surface area contributed by atoms with E-state index in [-0.39, 0.29) is 5.65 Å². The molecule has 2 fully saturated rings. The number of aliphatic hydroxyl groups is 1. The number of hydrogen-bond donors (Lipinski definition) is 2. The molecule has 3 aromatic rings. The molecule has 1 unspecified atom stereocenters. The van der Waals surface area contributed by atoms with Gasteiger partial charge >= 0.3 is 0 Å². The van der Waals surface area contributed by atoms with E-state index in [9.17, 15) is 13.9 Å². The molecule has 10 heteroatoms. The molecule has 0 spiro atoms. The van der Waals surface area contributed by atoms with Crippen LogP contribution in [-0.2, 0) is 11.3 Å². The summed E-state index contributed by atoms with van der Waals surface area (Å²) in [6.45, 7) is 3.29. The fourth-order valence-electron chi connectivity index (χ4n) is 4.20. The average Bonchev–Trinajstić information content (AvgIpc) is 3.49. The van der Waals surface area contributed by atoms with Crippen LogP contribution in [0, 0.1) is 23.0 Å². The van der Waals surface area contributed by atoms with Crippen LogP contribution in [-0.4, -0.2) is 67.9 Å².